The van der Waals surface area contributed by atoms with Gasteiger partial charge in [-0.3, -0.25) is 4.52 Å². The normalized spacial score (nSPS) is 14.0. The van der Waals surface area contributed by atoms with Crippen molar-refractivity contribution in [1.82, 2.24) is 0 Å². The van der Waals surface area contributed by atoms with Crippen LogP contribution in [0.3, 0.4) is 0 Å². The van der Waals surface area contributed by atoms with Crippen molar-refractivity contribution in [1.29, 1.82) is 0 Å². The summed E-state index contributed by atoms with van der Waals surface area (Å²) in [6.07, 6.45) is 0. The van der Waals surface area contributed by atoms with E-state index in [0.29, 0.717) is 0 Å². The summed E-state index contributed by atoms with van der Waals surface area (Å²) < 4.78 is 13.7. The standard InChI is InChI=1S/C4H11NO3.C2H6ClO4P/c5-4(1-6,2-7)3-8;1-2(3)7-8(4,5)6/h6-8H,1-3,5H2;2H,1H3,(H2,4,5,6). The first-order valence-corrected chi connectivity index (χ1v) is 6.06. The van der Waals surface area contributed by atoms with Crippen LogP contribution in [0.1, 0.15) is 6.92 Å². The van der Waals surface area contributed by atoms with Crippen LogP contribution in [0.4, 0.5) is 0 Å². The van der Waals surface area contributed by atoms with E-state index in [-0.39, 0.29) is 0 Å². The van der Waals surface area contributed by atoms with Crippen LogP contribution in [-0.4, -0.2) is 56.0 Å². The van der Waals surface area contributed by atoms with Gasteiger partial charge in [0.15, 0.2) is 0 Å². The first-order chi connectivity index (χ1) is 7.10. The Kier molecular flexibility index (Phi) is 9.71. The van der Waals surface area contributed by atoms with E-state index in [1.807, 2.05) is 0 Å². The monoisotopic (exact) mass is 281 g/mol. The van der Waals surface area contributed by atoms with Gasteiger partial charge in [-0.15, -0.1) is 0 Å². The van der Waals surface area contributed by atoms with Crippen molar-refractivity contribution in [2.24, 2.45) is 5.73 Å². The Morgan fingerprint density at radius 1 is 1.31 bits per heavy atom. The minimum Gasteiger partial charge on any atom is -0.394 e. The van der Waals surface area contributed by atoms with Gasteiger partial charge >= 0.3 is 7.82 Å². The van der Waals surface area contributed by atoms with Gasteiger partial charge < -0.3 is 30.8 Å². The smallest absolute Gasteiger partial charge is 0.394 e. The van der Waals surface area contributed by atoms with Gasteiger partial charge in [0.05, 0.1) is 25.4 Å². The average Bonchev–Trinajstić information content (AvgIpc) is 2.14. The molecular formula is C6H17ClNO7P. The molecule has 1 atom stereocenters. The predicted molar refractivity (Wildman–Crippen MR) is 56.6 cm³/mol. The van der Waals surface area contributed by atoms with Gasteiger partial charge in [-0.25, -0.2) is 4.57 Å². The lowest BCUT2D eigenvalue weighted by molar-refractivity contribution is 0.0697. The number of phosphoric ester groups is 1. The van der Waals surface area contributed by atoms with Crippen molar-refractivity contribution in [3.8, 4) is 0 Å². The first kappa shape index (κ1) is 18.6. The largest absolute Gasteiger partial charge is 0.471 e. The third kappa shape index (κ3) is 12.3. The van der Waals surface area contributed by atoms with E-state index in [4.69, 9.17) is 42.4 Å². The maximum absolute atomic E-state index is 9.83. The molecule has 0 rings (SSSR count). The molecule has 0 aromatic carbocycles. The van der Waals surface area contributed by atoms with Crippen LogP contribution in [0.5, 0.6) is 0 Å². The lowest BCUT2D eigenvalue weighted by atomic mass is 10.1. The molecule has 100 valence electrons. The molecule has 0 radical (unpaired) electrons. The van der Waals surface area contributed by atoms with Crippen LogP contribution in [0.25, 0.3) is 0 Å². The average molecular weight is 282 g/mol. The summed E-state index contributed by atoms with van der Waals surface area (Å²) in [6, 6.07) is 0. The van der Waals surface area contributed by atoms with Crippen LogP contribution in [0.2, 0.25) is 0 Å². The van der Waals surface area contributed by atoms with Gasteiger partial charge in [-0.05, 0) is 6.92 Å². The molecule has 0 aliphatic heterocycles. The van der Waals surface area contributed by atoms with Crippen molar-refractivity contribution < 1.29 is 34.2 Å². The summed E-state index contributed by atoms with van der Waals surface area (Å²) in [5, 5.41) is 25.0. The van der Waals surface area contributed by atoms with Gasteiger partial charge in [0.2, 0.25) is 0 Å². The van der Waals surface area contributed by atoms with Gasteiger partial charge in [0.25, 0.3) is 0 Å². The number of hydrogen-bond donors (Lipinski definition) is 6. The number of nitrogens with two attached hydrogens (primary N) is 1. The maximum Gasteiger partial charge on any atom is 0.471 e. The van der Waals surface area contributed by atoms with Crippen molar-refractivity contribution in [2.75, 3.05) is 19.8 Å². The number of aliphatic hydroxyl groups excluding tert-OH is 3. The Balaban J connectivity index is 0. The van der Waals surface area contributed by atoms with E-state index in [1.165, 1.54) is 6.92 Å². The second kappa shape index (κ2) is 8.35. The summed E-state index contributed by atoms with van der Waals surface area (Å²) in [7, 11) is -4.35. The second-order valence-corrected chi connectivity index (χ2v) is 4.78. The zero-order valence-corrected chi connectivity index (χ0v) is 10.3. The number of halogens is 1. The molecule has 0 aromatic rings. The lowest BCUT2D eigenvalue weighted by Gasteiger charge is -2.20. The molecule has 7 N–H and O–H groups in total. The van der Waals surface area contributed by atoms with Crippen LogP contribution in [0, 0.1) is 0 Å². The molecule has 0 spiro atoms. The van der Waals surface area contributed by atoms with Gasteiger partial charge in [-0.1, -0.05) is 11.6 Å². The van der Waals surface area contributed by atoms with Crippen LogP contribution >= 0.6 is 19.4 Å². The van der Waals surface area contributed by atoms with Crippen LogP contribution in [-0.2, 0) is 9.09 Å². The van der Waals surface area contributed by atoms with E-state index >= 15 is 0 Å². The number of hydrogen-bond acceptors (Lipinski definition) is 6. The summed E-state index contributed by atoms with van der Waals surface area (Å²) in [5.74, 6) is 0. The second-order valence-electron chi connectivity index (χ2n) is 2.98. The summed E-state index contributed by atoms with van der Waals surface area (Å²) in [4.78, 5) is 16.0. The van der Waals surface area contributed by atoms with E-state index in [2.05, 4.69) is 4.52 Å². The number of aliphatic hydroxyl groups is 3. The Morgan fingerprint density at radius 2 is 1.62 bits per heavy atom. The molecule has 0 saturated carbocycles. The summed E-state index contributed by atoms with van der Waals surface area (Å²) in [6.45, 7) is 0.112. The van der Waals surface area contributed by atoms with Crippen molar-refractivity contribution in [3.05, 3.63) is 0 Å². The predicted octanol–water partition coefficient (Wildman–Crippen LogP) is -1.66. The molecule has 0 amide bonds. The van der Waals surface area contributed by atoms with Crippen molar-refractivity contribution in [2.45, 2.75) is 18.0 Å². The Morgan fingerprint density at radius 3 is 1.62 bits per heavy atom. The molecule has 0 aromatic heterocycles. The fourth-order valence-corrected chi connectivity index (χ4v) is 1.03. The number of phosphoric acid groups is 1. The van der Waals surface area contributed by atoms with Gasteiger partial charge in [0, 0.05) is 0 Å². The maximum atomic E-state index is 9.83. The highest BCUT2D eigenvalue weighted by Gasteiger charge is 2.20. The fourth-order valence-electron chi connectivity index (χ4n) is 0.339. The zero-order chi connectivity index (χ0) is 13.4. The molecule has 0 aliphatic rings. The topological polar surface area (TPSA) is 153 Å². The highest BCUT2D eigenvalue weighted by atomic mass is 35.5. The molecule has 10 heteroatoms. The van der Waals surface area contributed by atoms with E-state index in [0.717, 1.165) is 0 Å². The summed E-state index contributed by atoms with van der Waals surface area (Å²) in [5.41, 5.74) is 2.99. The molecule has 0 fully saturated rings. The Hall–Kier alpha value is 0.240. The highest BCUT2D eigenvalue weighted by molar-refractivity contribution is 7.46. The van der Waals surface area contributed by atoms with Crippen molar-refractivity contribution >= 4 is 19.4 Å². The van der Waals surface area contributed by atoms with Crippen LogP contribution in [0.15, 0.2) is 0 Å². The molecule has 0 aliphatic carbocycles. The molecule has 0 saturated heterocycles. The van der Waals surface area contributed by atoms with E-state index < -0.39 is 38.7 Å². The highest BCUT2D eigenvalue weighted by Crippen LogP contribution is 2.38. The molecule has 0 heterocycles. The first-order valence-electron chi connectivity index (χ1n) is 4.09. The number of rotatable bonds is 5. The third-order valence-corrected chi connectivity index (χ3v) is 2.03. The third-order valence-electron chi connectivity index (χ3n) is 1.23. The molecule has 16 heavy (non-hydrogen) atoms. The fraction of sp³-hybridized carbons (Fsp3) is 1.00. The van der Waals surface area contributed by atoms with Crippen molar-refractivity contribution in [3.63, 3.8) is 0 Å². The minimum absolute atomic E-state index is 0.403. The summed E-state index contributed by atoms with van der Waals surface area (Å²) >= 11 is 5.05. The SMILES string of the molecule is CC(Cl)OP(=O)(O)O.NC(CO)(CO)CO. The minimum atomic E-state index is -4.35. The van der Waals surface area contributed by atoms with Crippen LogP contribution < -0.4 is 5.73 Å². The number of alkyl halides is 1. The molecule has 0 bridgehead atoms. The van der Waals surface area contributed by atoms with Gasteiger partial charge in [0.1, 0.15) is 5.56 Å². The Bertz CT molecular complexity index is 209. The Labute approximate surface area is 97.8 Å². The molecule has 1 unspecified atom stereocenters. The van der Waals surface area contributed by atoms with Gasteiger partial charge in [-0.2, -0.15) is 0 Å². The molecule has 8 nitrogen and oxygen atoms in total. The zero-order valence-electron chi connectivity index (χ0n) is 8.65. The van der Waals surface area contributed by atoms with E-state index in [1.54, 1.807) is 0 Å². The van der Waals surface area contributed by atoms with E-state index in [9.17, 15) is 4.57 Å². The molecular weight excluding hydrogens is 264 g/mol. The quantitative estimate of drug-likeness (QED) is 0.258. The lowest BCUT2D eigenvalue weighted by Crippen LogP contribution is -2.50.